The van der Waals surface area contributed by atoms with Crippen LogP contribution in [-0.2, 0) is 12.0 Å². The topological polar surface area (TPSA) is 32.3 Å². The third-order valence-corrected chi connectivity index (χ3v) is 4.82. The average molecular weight is 281 g/mol. The Balaban J connectivity index is 1.90. The molecule has 0 aliphatic carbocycles. The number of nitrogens with one attached hydrogen (secondary N) is 1. The van der Waals surface area contributed by atoms with E-state index in [1.54, 1.807) is 0 Å². The van der Waals surface area contributed by atoms with Crippen LogP contribution in [0.5, 0.6) is 0 Å². The molecule has 2 unspecified atom stereocenters. The van der Waals surface area contributed by atoms with Gasteiger partial charge in [-0.15, -0.1) is 0 Å². The van der Waals surface area contributed by atoms with Crippen LogP contribution in [0.15, 0.2) is 42.5 Å². The first-order valence-electron chi connectivity index (χ1n) is 7.63. The zero-order chi connectivity index (χ0) is 15.0. The van der Waals surface area contributed by atoms with Crippen molar-refractivity contribution in [3.63, 3.8) is 0 Å². The summed E-state index contributed by atoms with van der Waals surface area (Å²) in [6.07, 6.45) is 1.95. The monoisotopic (exact) mass is 281 g/mol. The van der Waals surface area contributed by atoms with E-state index in [1.807, 2.05) is 19.1 Å². The van der Waals surface area contributed by atoms with Crippen molar-refractivity contribution in [2.75, 3.05) is 5.32 Å². The summed E-state index contributed by atoms with van der Waals surface area (Å²) >= 11 is 0. The van der Waals surface area contributed by atoms with Gasteiger partial charge < -0.3 is 10.4 Å². The number of hydrogen-bond acceptors (Lipinski definition) is 2. The highest BCUT2D eigenvalue weighted by Gasteiger charge is 2.35. The Morgan fingerprint density at radius 3 is 2.62 bits per heavy atom. The maximum atomic E-state index is 11.1. The van der Waals surface area contributed by atoms with Crippen molar-refractivity contribution in [1.82, 2.24) is 0 Å². The zero-order valence-corrected chi connectivity index (χ0v) is 13.0. The fraction of sp³-hybridized carbons (Fsp3) is 0.368. The number of rotatable bonds is 2. The van der Waals surface area contributed by atoms with Crippen molar-refractivity contribution in [1.29, 1.82) is 0 Å². The Morgan fingerprint density at radius 2 is 1.86 bits per heavy atom. The van der Waals surface area contributed by atoms with Crippen molar-refractivity contribution >= 4 is 5.69 Å². The highest BCUT2D eigenvalue weighted by Crippen LogP contribution is 2.35. The number of fused-ring (bicyclic) bond motifs is 1. The molecule has 0 fully saturated rings. The van der Waals surface area contributed by atoms with E-state index < -0.39 is 5.60 Å². The highest BCUT2D eigenvalue weighted by atomic mass is 16.3. The van der Waals surface area contributed by atoms with Crippen LogP contribution in [-0.4, -0.2) is 11.1 Å². The molecule has 0 saturated heterocycles. The van der Waals surface area contributed by atoms with Crippen molar-refractivity contribution < 1.29 is 5.11 Å². The first-order valence-corrected chi connectivity index (χ1v) is 7.63. The molecule has 2 heteroatoms. The third-order valence-electron chi connectivity index (χ3n) is 4.82. The van der Waals surface area contributed by atoms with Gasteiger partial charge in [-0.1, -0.05) is 36.4 Å². The fourth-order valence-corrected chi connectivity index (χ4v) is 3.12. The standard InChI is InChI=1S/C19H23NO/c1-13-8-10-16(12-14(13)2)19(3,21)18-11-9-15-6-4-5-7-17(15)20-18/h4-8,10,12,18,20-21H,9,11H2,1-3H3. The van der Waals surface area contributed by atoms with Gasteiger partial charge in [-0.2, -0.15) is 0 Å². The molecule has 2 atom stereocenters. The highest BCUT2D eigenvalue weighted by molar-refractivity contribution is 5.54. The maximum Gasteiger partial charge on any atom is 0.107 e. The molecular formula is C19H23NO. The SMILES string of the molecule is Cc1ccc(C(C)(O)C2CCc3ccccc3N2)cc1C. The summed E-state index contributed by atoms with van der Waals surface area (Å²) in [6, 6.07) is 14.6. The first kappa shape index (κ1) is 14.2. The van der Waals surface area contributed by atoms with Gasteiger partial charge in [-0.3, -0.25) is 0 Å². The molecule has 21 heavy (non-hydrogen) atoms. The predicted molar refractivity (Wildman–Crippen MR) is 87.7 cm³/mol. The first-order chi connectivity index (χ1) is 9.98. The molecule has 0 radical (unpaired) electrons. The van der Waals surface area contributed by atoms with Crippen molar-refractivity contribution in [2.24, 2.45) is 0 Å². The summed E-state index contributed by atoms with van der Waals surface area (Å²) in [5.74, 6) is 0. The van der Waals surface area contributed by atoms with Crippen LogP contribution in [0.4, 0.5) is 5.69 Å². The molecule has 0 amide bonds. The second-order valence-electron chi connectivity index (χ2n) is 6.34. The lowest BCUT2D eigenvalue weighted by Crippen LogP contribution is -2.44. The maximum absolute atomic E-state index is 11.1. The predicted octanol–water partition coefficient (Wildman–Crippen LogP) is 3.94. The Hall–Kier alpha value is -1.80. The Kier molecular flexibility index (Phi) is 3.50. The molecule has 2 N–H and O–H groups in total. The number of benzene rings is 2. The number of aliphatic hydroxyl groups is 1. The summed E-state index contributed by atoms with van der Waals surface area (Å²) in [6.45, 7) is 6.12. The van der Waals surface area contributed by atoms with Gasteiger partial charge in [0.15, 0.2) is 0 Å². The molecule has 1 heterocycles. The molecule has 2 aromatic carbocycles. The molecule has 0 spiro atoms. The Morgan fingerprint density at radius 1 is 1.10 bits per heavy atom. The van der Waals surface area contributed by atoms with Gasteiger partial charge in [0, 0.05) is 5.69 Å². The zero-order valence-electron chi connectivity index (χ0n) is 13.0. The molecule has 110 valence electrons. The largest absolute Gasteiger partial charge is 0.383 e. The molecule has 1 aliphatic rings. The third kappa shape index (κ3) is 2.56. The second-order valence-corrected chi connectivity index (χ2v) is 6.34. The minimum absolute atomic E-state index is 0.0366. The minimum atomic E-state index is -0.869. The lowest BCUT2D eigenvalue weighted by Gasteiger charge is -2.38. The normalized spacial score (nSPS) is 20.3. The van der Waals surface area contributed by atoms with Gasteiger partial charge in [0.05, 0.1) is 6.04 Å². The molecule has 1 aliphatic heterocycles. The van der Waals surface area contributed by atoms with Crippen LogP contribution >= 0.6 is 0 Å². The number of hydrogen-bond donors (Lipinski definition) is 2. The van der Waals surface area contributed by atoms with E-state index in [2.05, 4.69) is 49.5 Å². The Labute approximate surface area is 126 Å². The van der Waals surface area contributed by atoms with Crippen molar-refractivity contribution in [2.45, 2.75) is 45.3 Å². The molecule has 2 nitrogen and oxygen atoms in total. The number of anilines is 1. The van der Waals surface area contributed by atoms with E-state index in [9.17, 15) is 5.11 Å². The summed E-state index contributed by atoms with van der Waals surface area (Å²) in [5.41, 5.74) is 5.09. The van der Waals surface area contributed by atoms with Gasteiger partial charge in [0.25, 0.3) is 0 Å². The molecule has 0 saturated carbocycles. The van der Waals surface area contributed by atoms with E-state index >= 15 is 0 Å². The Bertz CT molecular complexity index is 660. The summed E-state index contributed by atoms with van der Waals surface area (Å²) in [5, 5.41) is 14.6. The van der Waals surface area contributed by atoms with Gasteiger partial charge in [0.2, 0.25) is 0 Å². The molecule has 2 aromatic rings. The van der Waals surface area contributed by atoms with Crippen LogP contribution in [0.3, 0.4) is 0 Å². The lowest BCUT2D eigenvalue weighted by atomic mass is 9.81. The average Bonchev–Trinajstić information content (AvgIpc) is 2.49. The van der Waals surface area contributed by atoms with Crippen LogP contribution in [0.1, 0.15) is 35.6 Å². The molecule has 3 rings (SSSR count). The van der Waals surface area contributed by atoms with Gasteiger partial charge in [0.1, 0.15) is 5.60 Å². The van der Waals surface area contributed by atoms with E-state index in [0.29, 0.717) is 0 Å². The van der Waals surface area contributed by atoms with E-state index in [4.69, 9.17) is 0 Å². The van der Waals surface area contributed by atoms with Gasteiger partial charge in [-0.05, 0) is 61.9 Å². The molecule has 0 aromatic heterocycles. The van der Waals surface area contributed by atoms with E-state index in [1.165, 1.54) is 16.7 Å². The molecule has 0 bridgehead atoms. The van der Waals surface area contributed by atoms with Crippen molar-refractivity contribution in [3.05, 3.63) is 64.7 Å². The quantitative estimate of drug-likeness (QED) is 0.874. The van der Waals surface area contributed by atoms with Gasteiger partial charge >= 0.3 is 0 Å². The van der Waals surface area contributed by atoms with Crippen molar-refractivity contribution in [3.8, 4) is 0 Å². The van der Waals surface area contributed by atoms with E-state index in [-0.39, 0.29) is 6.04 Å². The smallest absolute Gasteiger partial charge is 0.107 e. The lowest BCUT2D eigenvalue weighted by molar-refractivity contribution is 0.0322. The summed E-state index contributed by atoms with van der Waals surface area (Å²) < 4.78 is 0. The fourth-order valence-electron chi connectivity index (χ4n) is 3.12. The summed E-state index contributed by atoms with van der Waals surface area (Å²) in [7, 11) is 0. The minimum Gasteiger partial charge on any atom is -0.383 e. The molecular weight excluding hydrogens is 258 g/mol. The van der Waals surface area contributed by atoms with Crippen LogP contribution in [0.25, 0.3) is 0 Å². The summed E-state index contributed by atoms with van der Waals surface area (Å²) in [4.78, 5) is 0. The van der Waals surface area contributed by atoms with Crippen LogP contribution < -0.4 is 5.32 Å². The number of para-hydroxylation sites is 1. The van der Waals surface area contributed by atoms with E-state index in [0.717, 1.165) is 24.1 Å². The number of aryl methyl sites for hydroxylation is 3. The second kappa shape index (κ2) is 5.19. The van der Waals surface area contributed by atoms with Crippen LogP contribution in [0, 0.1) is 13.8 Å². The van der Waals surface area contributed by atoms with Crippen LogP contribution in [0.2, 0.25) is 0 Å². The van der Waals surface area contributed by atoms with Gasteiger partial charge in [-0.25, -0.2) is 0 Å².